The molecule has 0 amide bonds. The van der Waals surface area contributed by atoms with E-state index in [2.05, 4.69) is 17.1 Å². The molecule has 1 fully saturated rings. The maximum absolute atomic E-state index is 5.52. The zero-order chi connectivity index (χ0) is 13.4. The Hall–Kier alpha value is -0.390. The van der Waals surface area contributed by atoms with E-state index in [4.69, 9.17) is 21.7 Å². The molecule has 0 bridgehead atoms. The third-order valence-electron chi connectivity index (χ3n) is 3.42. The molecule has 0 aliphatic heterocycles. The molecular formula is C13H26N2O2S. The Bertz CT molecular complexity index is 245. The molecule has 106 valence electrons. The minimum Gasteiger partial charge on any atom is -0.383 e. The average molecular weight is 274 g/mol. The third-order valence-corrected chi connectivity index (χ3v) is 3.77. The smallest absolute Gasteiger partial charge is 0.169 e. The standard InChI is InChI=1S/C13H26N2O2S/c1-11(10-17-3)15(8-9-16-2)13(18)14-12-6-4-5-7-12/h11-12H,4-10H2,1-3H3,(H,14,18). The molecule has 1 unspecified atom stereocenters. The number of thiocarbonyl (C=S) groups is 1. The van der Waals surface area contributed by atoms with Gasteiger partial charge in [-0.3, -0.25) is 0 Å². The second-order valence-corrected chi connectivity index (χ2v) is 5.31. The van der Waals surface area contributed by atoms with E-state index in [0.717, 1.165) is 11.7 Å². The van der Waals surface area contributed by atoms with E-state index in [-0.39, 0.29) is 6.04 Å². The molecule has 1 aliphatic rings. The van der Waals surface area contributed by atoms with Crippen LogP contribution in [0.4, 0.5) is 0 Å². The van der Waals surface area contributed by atoms with Crippen LogP contribution in [0.1, 0.15) is 32.6 Å². The van der Waals surface area contributed by atoms with Crippen LogP contribution in [0.3, 0.4) is 0 Å². The van der Waals surface area contributed by atoms with Gasteiger partial charge in [-0.25, -0.2) is 0 Å². The van der Waals surface area contributed by atoms with Crippen LogP contribution in [0.2, 0.25) is 0 Å². The normalized spacial score (nSPS) is 17.7. The fraction of sp³-hybridized carbons (Fsp3) is 0.923. The molecule has 0 aromatic rings. The van der Waals surface area contributed by atoms with E-state index >= 15 is 0 Å². The lowest BCUT2D eigenvalue weighted by molar-refractivity contribution is 0.112. The summed E-state index contributed by atoms with van der Waals surface area (Å²) in [6.07, 6.45) is 5.09. The van der Waals surface area contributed by atoms with Gasteiger partial charge in [-0.2, -0.15) is 0 Å². The molecule has 5 heteroatoms. The third kappa shape index (κ3) is 5.08. The fourth-order valence-electron chi connectivity index (χ4n) is 2.37. The van der Waals surface area contributed by atoms with Crippen molar-refractivity contribution in [1.82, 2.24) is 10.2 Å². The summed E-state index contributed by atoms with van der Waals surface area (Å²) in [7, 11) is 3.44. The van der Waals surface area contributed by atoms with Gasteiger partial charge >= 0.3 is 0 Å². The minimum atomic E-state index is 0.270. The van der Waals surface area contributed by atoms with Crippen molar-refractivity contribution in [3.63, 3.8) is 0 Å². The van der Waals surface area contributed by atoms with Gasteiger partial charge in [-0.15, -0.1) is 0 Å². The summed E-state index contributed by atoms with van der Waals surface area (Å²) in [5.41, 5.74) is 0. The predicted molar refractivity (Wildman–Crippen MR) is 77.9 cm³/mol. The predicted octanol–water partition coefficient (Wildman–Crippen LogP) is 1.79. The summed E-state index contributed by atoms with van der Waals surface area (Å²) < 4.78 is 10.4. The Kier molecular flexibility index (Phi) is 7.54. The fourth-order valence-corrected chi connectivity index (χ4v) is 2.81. The van der Waals surface area contributed by atoms with Crippen molar-refractivity contribution >= 4 is 17.3 Å². The Morgan fingerprint density at radius 3 is 2.56 bits per heavy atom. The lowest BCUT2D eigenvalue weighted by atomic mass is 10.2. The molecule has 1 N–H and O–H groups in total. The zero-order valence-corrected chi connectivity index (χ0v) is 12.6. The highest BCUT2D eigenvalue weighted by atomic mass is 32.1. The molecule has 0 aromatic carbocycles. The van der Waals surface area contributed by atoms with Crippen LogP contribution in [0.5, 0.6) is 0 Å². The van der Waals surface area contributed by atoms with Gasteiger partial charge < -0.3 is 19.7 Å². The van der Waals surface area contributed by atoms with Gasteiger partial charge in [0.05, 0.1) is 19.3 Å². The van der Waals surface area contributed by atoms with Crippen LogP contribution in [0.25, 0.3) is 0 Å². The van der Waals surface area contributed by atoms with E-state index in [1.54, 1.807) is 14.2 Å². The van der Waals surface area contributed by atoms with Gasteiger partial charge in [-0.1, -0.05) is 12.8 Å². The van der Waals surface area contributed by atoms with Crippen molar-refractivity contribution in [3.05, 3.63) is 0 Å². The molecule has 1 saturated carbocycles. The SMILES string of the molecule is COCCN(C(=S)NC1CCCC1)C(C)COC. The summed E-state index contributed by atoms with van der Waals surface area (Å²) in [5, 5.41) is 4.31. The lowest BCUT2D eigenvalue weighted by Crippen LogP contribution is -2.50. The Morgan fingerprint density at radius 1 is 1.33 bits per heavy atom. The zero-order valence-electron chi connectivity index (χ0n) is 11.8. The molecular weight excluding hydrogens is 248 g/mol. The van der Waals surface area contributed by atoms with E-state index < -0.39 is 0 Å². The highest BCUT2D eigenvalue weighted by molar-refractivity contribution is 7.80. The van der Waals surface area contributed by atoms with Crippen molar-refractivity contribution < 1.29 is 9.47 Å². The molecule has 18 heavy (non-hydrogen) atoms. The summed E-state index contributed by atoms with van der Waals surface area (Å²) in [4.78, 5) is 2.17. The number of hydrogen-bond acceptors (Lipinski definition) is 3. The molecule has 1 atom stereocenters. The number of nitrogens with one attached hydrogen (secondary N) is 1. The maximum atomic E-state index is 5.52. The largest absolute Gasteiger partial charge is 0.383 e. The quantitative estimate of drug-likeness (QED) is 0.716. The van der Waals surface area contributed by atoms with Crippen LogP contribution >= 0.6 is 12.2 Å². The molecule has 4 nitrogen and oxygen atoms in total. The Balaban J connectivity index is 2.47. The van der Waals surface area contributed by atoms with E-state index in [1.165, 1.54) is 25.7 Å². The molecule has 0 heterocycles. The average Bonchev–Trinajstić information content (AvgIpc) is 2.82. The number of nitrogens with zero attached hydrogens (tertiary/aromatic N) is 1. The summed E-state index contributed by atoms with van der Waals surface area (Å²) in [6, 6.07) is 0.823. The second-order valence-electron chi connectivity index (χ2n) is 4.92. The maximum Gasteiger partial charge on any atom is 0.169 e. The minimum absolute atomic E-state index is 0.270. The van der Waals surface area contributed by atoms with E-state index in [1.807, 2.05) is 0 Å². The van der Waals surface area contributed by atoms with E-state index in [0.29, 0.717) is 19.3 Å². The highest BCUT2D eigenvalue weighted by Gasteiger charge is 2.21. The second kappa shape index (κ2) is 8.67. The van der Waals surface area contributed by atoms with Gasteiger partial charge in [0, 0.05) is 26.8 Å². The van der Waals surface area contributed by atoms with Gasteiger partial charge in [0.15, 0.2) is 5.11 Å². The number of methoxy groups -OCH3 is 2. The summed E-state index contributed by atoms with van der Waals surface area (Å²) >= 11 is 5.52. The first-order chi connectivity index (χ1) is 8.69. The van der Waals surface area contributed by atoms with Crippen molar-refractivity contribution in [3.8, 4) is 0 Å². The first-order valence-corrected chi connectivity index (χ1v) is 7.15. The molecule has 0 aromatic heterocycles. The van der Waals surface area contributed by atoms with Crippen LogP contribution < -0.4 is 5.32 Å². The highest BCUT2D eigenvalue weighted by Crippen LogP contribution is 2.18. The summed E-state index contributed by atoms with van der Waals surface area (Å²) in [5.74, 6) is 0. The summed E-state index contributed by atoms with van der Waals surface area (Å²) in [6.45, 7) is 4.29. The Morgan fingerprint density at radius 2 is 2.00 bits per heavy atom. The topological polar surface area (TPSA) is 33.7 Å². The molecule has 1 aliphatic carbocycles. The lowest BCUT2D eigenvalue weighted by Gasteiger charge is -2.32. The molecule has 1 rings (SSSR count). The number of rotatable bonds is 7. The van der Waals surface area contributed by atoms with E-state index in [9.17, 15) is 0 Å². The van der Waals surface area contributed by atoms with Crippen LogP contribution in [0, 0.1) is 0 Å². The van der Waals surface area contributed by atoms with Crippen molar-refractivity contribution in [2.45, 2.75) is 44.7 Å². The first kappa shape index (κ1) is 15.7. The van der Waals surface area contributed by atoms with Gasteiger partial charge in [0.2, 0.25) is 0 Å². The Labute approximate surface area is 116 Å². The van der Waals surface area contributed by atoms with Gasteiger partial charge in [-0.05, 0) is 32.0 Å². The first-order valence-electron chi connectivity index (χ1n) is 6.74. The van der Waals surface area contributed by atoms with Crippen molar-refractivity contribution in [1.29, 1.82) is 0 Å². The van der Waals surface area contributed by atoms with Gasteiger partial charge in [0.25, 0.3) is 0 Å². The number of hydrogen-bond donors (Lipinski definition) is 1. The number of ether oxygens (including phenoxy) is 2. The molecule has 0 radical (unpaired) electrons. The van der Waals surface area contributed by atoms with Crippen LogP contribution in [-0.4, -0.2) is 56.1 Å². The van der Waals surface area contributed by atoms with Crippen LogP contribution in [-0.2, 0) is 9.47 Å². The molecule has 0 spiro atoms. The van der Waals surface area contributed by atoms with Crippen molar-refractivity contribution in [2.24, 2.45) is 0 Å². The van der Waals surface area contributed by atoms with Crippen LogP contribution in [0.15, 0.2) is 0 Å². The van der Waals surface area contributed by atoms with Crippen molar-refractivity contribution in [2.75, 3.05) is 34.0 Å². The van der Waals surface area contributed by atoms with Gasteiger partial charge in [0.1, 0.15) is 0 Å². The monoisotopic (exact) mass is 274 g/mol. The molecule has 0 saturated heterocycles.